The predicted octanol–water partition coefficient (Wildman–Crippen LogP) is 2.48. The van der Waals surface area contributed by atoms with Crippen LogP contribution in [0.4, 0.5) is 0 Å². The van der Waals surface area contributed by atoms with E-state index in [4.69, 9.17) is 9.47 Å². The average Bonchev–Trinajstić information content (AvgIpc) is 3.18. The summed E-state index contributed by atoms with van der Waals surface area (Å²) in [5.41, 5.74) is 2.86. The molecule has 1 saturated heterocycles. The second-order valence-corrected chi connectivity index (χ2v) is 7.16. The monoisotopic (exact) mass is 380 g/mol. The number of amides is 2. The molecule has 0 aromatic heterocycles. The first-order valence-corrected chi connectivity index (χ1v) is 9.63. The highest BCUT2D eigenvalue weighted by Gasteiger charge is 2.31. The topological polar surface area (TPSA) is 76.7 Å². The minimum absolute atomic E-state index is 0.00423. The maximum absolute atomic E-state index is 12.9. The molecule has 2 aromatic rings. The zero-order valence-corrected chi connectivity index (χ0v) is 15.9. The molecule has 2 aliphatic rings. The Labute approximate surface area is 164 Å². The molecule has 0 unspecified atom stereocenters. The number of hydrogen-bond donors (Lipinski definition) is 2. The Morgan fingerprint density at radius 1 is 1.04 bits per heavy atom. The first-order chi connectivity index (χ1) is 13.7. The Kier molecular flexibility index (Phi) is 5.30. The molecule has 2 heterocycles. The Morgan fingerprint density at radius 3 is 2.50 bits per heavy atom. The summed E-state index contributed by atoms with van der Waals surface area (Å²) in [6.45, 7) is 1.76. The molecule has 0 saturated carbocycles. The fourth-order valence-corrected chi connectivity index (χ4v) is 3.83. The summed E-state index contributed by atoms with van der Waals surface area (Å²) in [6.07, 6.45) is 1.60. The van der Waals surface area contributed by atoms with Crippen LogP contribution in [0.25, 0.3) is 0 Å². The molecule has 2 amide bonds. The van der Waals surface area contributed by atoms with Crippen LogP contribution < -0.4 is 15.4 Å². The van der Waals surface area contributed by atoms with Gasteiger partial charge in [0.2, 0.25) is 0 Å². The van der Waals surface area contributed by atoms with Crippen LogP contribution in [-0.2, 0) is 4.74 Å². The summed E-state index contributed by atoms with van der Waals surface area (Å²) in [5.74, 6) is 0.135. The van der Waals surface area contributed by atoms with E-state index >= 15 is 0 Å². The van der Waals surface area contributed by atoms with Crippen LogP contribution in [0.3, 0.4) is 0 Å². The molecular weight excluding hydrogens is 356 g/mol. The van der Waals surface area contributed by atoms with Crippen molar-refractivity contribution in [2.75, 3.05) is 26.9 Å². The zero-order chi connectivity index (χ0) is 19.5. The van der Waals surface area contributed by atoms with Gasteiger partial charge in [-0.1, -0.05) is 30.3 Å². The lowest BCUT2D eigenvalue weighted by molar-refractivity contribution is 0.0696. The highest BCUT2D eigenvalue weighted by molar-refractivity contribution is 6.02. The molecule has 0 spiro atoms. The van der Waals surface area contributed by atoms with Gasteiger partial charge >= 0.3 is 0 Å². The van der Waals surface area contributed by atoms with Crippen LogP contribution in [0.2, 0.25) is 0 Å². The Hall–Kier alpha value is -2.86. The second-order valence-electron chi connectivity index (χ2n) is 7.16. The van der Waals surface area contributed by atoms with Gasteiger partial charge < -0.3 is 20.1 Å². The lowest BCUT2D eigenvalue weighted by atomic mass is 9.90. The van der Waals surface area contributed by atoms with Crippen LogP contribution in [0.5, 0.6) is 5.75 Å². The van der Waals surface area contributed by atoms with Gasteiger partial charge in [-0.15, -0.1) is 0 Å². The standard InChI is InChI=1S/C22H24N2O4/c1-23-22(26)18-12-15(21(25)24-16-7-9-27-10-8-16)11-17-19(13-28-20(17)18)14-5-3-2-4-6-14/h2-6,11-12,16,19H,7-10,13H2,1H3,(H,23,26)(H,24,25)/t19-/m1/s1. The van der Waals surface area contributed by atoms with Gasteiger partial charge in [-0.05, 0) is 30.5 Å². The summed E-state index contributed by atoms with van der Waals surface area (Å²) < 4.78 is 11.3. The smallest absolute Gasteiger partial charge is 0.254 e. The van der Waals surface area contributed by atoms with Crippen molar-refractivity contribution >= 4 is 11.8 Å². The van der Waals surface area contributed by atoms with Crippen molar-refractivity contribution in [2.45, 2.75) is 24.8 Å². The van der Waals surface area contributed by atoms with E-state index in [2.05, 4.69) is 10.6 Å². The molecule has 2 aliphatic heterocycles. The van der Waals surface area contributed by atoms with E-state index < -0.39 is 0 Å². The fraction of sp³-hybridized carbons (Fsp3) is 0.364. The molecule has 0 aliphatic carbocycles. The van der Waals surface area contributed by atoms with Crippen molar-refractivity contribution in [2.24, 2.45) is 0 Å². The molecule has 28 heavy (non-hydrogen) atoms. The van der Waals surface area contributed by atoms with Crippen LogP contribution in [0.15, 0.2) is 42.5 Å². The Balaban J connectivity index is 1.69. The van der Waals surface area contributed by atoms with Gasteiger partial charge in [-0.25, -0.2) is 0 Å². The number of ether oxygens (including phenoxy) is 2. The van der Waals surface area contributed by atoms with Gasteiger partial charge in [0.15, 0.2) is 0 Å². The molecule has 4 rings (SSSR count). The molecule has 2 aromatic carbocycles. The number of hydrogen-bond acceptors (Lipinski definition) is 4. The van der Waals surface area contributed by atoms with Crippen molar-refractivity contribution in [3.05, 3.63) is 64.7 Å². The van der Waals surface area contributed by atoms with E-state index in [9.17, 15) is 9.59 Å². The van der Waals surface area contributed by atoms with Crippen LogP contribution in [-0.4, -0.2) is 44.7 Å². The maximum atomic E-state index is 12.9. The zero-order valence-electron chi connectivity index (χ0n) is 15.9. The fourth-order valence-electron chi connectivity index (χ4n) is 3.83. The third-order valence-electron chi connectivity index (χ3n) is 5.38. The molecule has 1 atom stereocenters. The molecule has 2 N–H and O–H groups in total. The minimum atomic E-state index is -0.259. The third-order valence-corrected chi connectivity index (χ3v) is 5.38. The van der Waals surface area contributed by atoms with E-state index in [1.54, 1.807) is 13.1 Å². The van der Waals surface area contributed by atoms with Gasteiger partial charge in [-0.2, -0.15) is 0 Å². The van der Waals surface area contributed by atoms with Crippen molar-refractivity contribution in [1.82, 2.24) is 10.6 Å². The lowest BCUT2D eigenvalue weighted by Gasteiger charge is -2.23. The molecule has 6 nitrogen and oxygen atoms in total. The first-order valence-electron chi connectivity index (χ1n) is 9.63. The van der Waals surface area contributed by atoms with Crippen molar-refractivity contribution < 1.29 is 19.1 Å². The van der Waals surface area contributed by atoms with Crippen molar-refractivity contribution in [3.63, 3.8) is 0 Å². The van der Waals surface area contributed by atoms with E-state index in [0.717, 1.165) is 24.0 Å². The molecule has 0 bridgehead atoms. The highest BCUT2D eigenvalue weighted by atomic mass is 16.5. The molecular formula is C22H24N2O4. The number of nitrogens with one attached hydrogen (secondary N) is 2. The van der Waals surface area contributed by atoms with Gasteiger partial charge in [0.1, 0.15) is 5.75 Å². The van der Waals surface area contributed by atoms with Crippen LogP contribution in [0.1, 0.15) is 50.6 Å². The normalized spacial score (nSPS) is 18.8. The van der Waals surface area contributed by atoms with Crippen LogP contribution >= 0.6 is 0 Å². The van der Waals surface area contributed by atoms with Crippen LogP contribution in [0, 0.1) is 0 Å². The van der Waals surface area contributed by atoms with E-state index in [1.165, 1.54) is 0 Å². The molecule has 6 heteroatoms. The van der Waals surface area contributed by atoms with E-state index in [1.807, 2.05) is 36.4 Å². The Morgan fingerprint density at radius 2 is 1.79 bits per heavy atom. The minimum Gasteiger partial charge on any atom is -0.491 e. The SMILES string of the molecule is CNC(=O)c1cc(C(=O)NC2CCOCC2)cc2c1OC[C@@H]2c1ccccc1. The summed E-state index contributed by atoms with van der Waals surface area (Å²) >= 11 is 0. The number of carbonyl (C=O) groups excluding carboxylic acids is 2. The van der Waals surface area contributed by atoms with Gasteiger partial charge in [0.25, 0.3) is 11.8 Å². The van der Waals surface area contributed by atoms with Gasteiger partial charge in [0.05, 0.1) is 12.2 Å². The number of fused-ring (bicyclic) bond motifs is 1. The van der Waals surface area contributed by atoms with Gasteiger partial charge in [0, 0.05) is 43.3 Å². The highest BCUT2D eigenvalue weighted by Crippen LogP contribution is 2.41. The number of benzene rings is 2. The Bertz CT molecular complexity index is 876. The second kappa shape index (κ2) is 8.02. The summed E-state index contributed by atoms with van der Waals surface area (Å²) in [7, 11) is 1.58. The maximum Gasteiger partial charge on any atom is 0.254 e. The third kappa shape index (κ3) is 3.60. The summed E-state index contributed by atoms with van der Waals surface area (Å²) in [4.78, 5) is 25.3. The summed E-state index contributed by atoms with van der Waals surface area (Å²) in [5, 5.41) is 5.72. The number of rotatable bonds is 4. The molecule has 0 radical (unpaired) electrons. The van der Waals surface area contributed by atoms with E-state index in [0.29, 0.717) is 36.7 Å². The van der Waals surface area contributed by atoms with Gasteiger partial charge in [-0.3, -0.25) is 9.59 Å². The van der Waals surface area contributed by atoms with Crippen molar-refractivity contribution in [3.8, 4) is 5.75 Å². The number of carbonyl (C=O) groups is 2. The quantitative estimate of drug-likeness (QED) is 0.854. The van der Waals surface area contributed by atoms with Crippen molar-refractivity contribution in [1.29, 1.82) is 0 Å². The first kappa shape index (κ1) is 18.5. The lowest BCUT2D eigenvalue weighted by Crippen LogP contribution is -2.39. The molecule has 1 fully saturated rings. The van der Waals surface area contributed by atoms with E-state index in [-0.39, 0.29) is 23.8 Å². The molecule has 146 valence electrons. The predicted molar refractivity (Wildman–Crippen MR) is 105 cm³/mol. The summed E-state index contributed by atoms with van der Waals surface area (Å²) in [6, 6.07) is 13.6. The average molecular weight is 380 g/mol. The largest absolute Gasteiger partial charge is 0.491 e.